The second-order valence-corrected chi connectivity index (χ2v) is 6.87. The molecule has 9 heteroatoms. The third kappa shape index (κ3) is 4.36. The molecule has 0 aliphatic carbocycles. The van der Waals surface area contributed by atoms with Crippen molar-refractivity contribution in [2.24, 2.45) is 0 Å². The van der Waals surface area contributed by atoms with Gasteiger partial charge < -0.3 is 4.90 Å². The van der Waals surface area contributed by atoms with Gasteiger partial charge in [0.15, 0.2) is 0 Å². The van der Waals surface area contributed by atoms with E-state index in [-0.39, 0.29) is 28.4 Å². The summed E-state index contributed by atoms with van der Waals surface area (Å²) in [6.07, 6.45) is -4.48. The van der Waals surface area contributed by atoms with Gasteiger partial charge >= 0.3 is 6.18 Å². The Morgan fingerprint density at radius 2 is 1.89 bits per heavy atom. The summed E-state index contributed by atoms with van der Waals surface area (Å²) in [7, 11) is 1.43. The lowest BCUT2D eigenvalue weighted by Crippen LogP contribution is -2.27. The Kier molecular flexibility index (Phi) is 5.46. The lowest BCUT2D eigenvalue weighted by Gasteiger charge is -2.16. The first kappa shape index (κ1) is 19.9. The summed E-state index contributed by atoms with van der Waals surface area (Å²) in [4.78, 5) is 17.8. The van der Waals surface area contributed by atoms with Crippen LogP contribution in [0, 0.1) is 11.6 Å². The Morgan fingerprint density at radius 3 is 2.57 bits per heavy atom. The van der Waals surface area contributed by atoms with Crippen LogP contribution >= 0.6 is 11.3 Å². The summed E-state index contributed by atoms with van der Waals surface area (Å²) in [5, 5.41) is 1.69. The topological polar surface area (TPSA) is 33.2 Å². The van der Waals surface area contributed by atoms with E-state index in [1.165, 1.54) is 35.5 Å². The lowest BCUT2D eigenvalue weighted by molar-refractivity contribution is -0.137. The zero-order valence-electron chi connectivity index (χ0n) is 14.4. The molecule has 3 rings (SSSR count). The first-order valence-electron chi connectivity index (χ1n) is 7.97. The molecule has 3 nitrogen and oxygen atoms in total. The van der Waals surface area contributed by atoms with E-state index in [2.05, 4.69) is 4.98 Å². The number of rotatable bonds is 4. The van der Waals surface area contributed by atoms with E-state index >= 15 is 0 Å². The maximum atomic E-state index is 13.8. The van der Waals surface area contributed by atoms with Crippen LogP contribution in [-0.2, 0) is 12.7 Å². The quantitative estimate of drug-likeness (QED) is 0.539. The maximum absolute atomic E-state index is 13.8. The van der Waals surface area contributed by atoms with Gasteiger partial charge in [-0.15, -0.1) is 11.3 Å². The van der Waals surface area contributed by atoms with Gasteiger partial charge in [-0.3, -0.25) is 4.79 Å². The molecule has 0 fully saturated rings. The zero-order valence-corrected chi connectivity index (χ0v) is 15.2. The van der Waals surface area contributed by atoms with Crippen molar-refractivity contribution < 1.29 is 26.7 Å². The second-order valence-electron chi connectivity index (χ2n) is 6.01. The summed E-state index contributed by atoms with van der Waals surface area (Å²) in [6, 6.07) is 7.71. The van der Waals surface area contributed by atoms with Crippen molar-refractivity contribution in [1.29, 1.82) is 0 Å². The van der Waals surface area contributed by atoms with Crippen molar-refractivity contribution in [3.63, 3.8) is 0 Å². The van der Waals surface area contributed by atoms with E-state index in [0.29, 0.717) is 0 Å². The number of halogens is 5. The predicted octanol–water partition coefficient (Wildman–Crippen LogP) is 5.38. The number of benzene rings is 2. The first-order chi connectivity index (χ1) is 13.1. The SMILES string of the molecule is CN(Cc1ccc(F)cc1F)C(=O)c1csc(-c2cccc(C(F)(F)F)c2)n1. The van der Waals surface area contributed by atoms with E-state index in [1.54, 1.807) is 0 Å². The highest BCUT2D eigenvalue weighted by Crippen LogP contribution is 2.33. The molecular weight excluding hydrogens is 399 g/mol. The average molecular weight is 412 g/mol. The highest BCUT2D eigenvalue weighted by molar-refractivity contribution is 7.13. The molecular formula is C19H13F5N2OS. The van der Waals surface area contributed by atoms with Gasteiger partial charge in [0.2, 0.25) is 0 Å². The summed E-state index contributed by atoms with van der Waals surface area (Å²) < 4.78 is 65.3. The number of alkyl halides is 3. The van der Waals surface area contributed by atoms with Crippen molar-refractivity contribution in [3.05, 3.63) is 76.3 Å². The highest BCUT2D eigenvalue weighted by atomic mass is 32.1. The minimum atomic E-state index is -4.48. The average Bonchev–Trinajstić information content (AvgIpc) is 3.13. The fraction of sp³-hybridized carbons (Fsp3) is 0.158. The van der Waals surface area contributed by atoms with Gasteiger partial charge in [0, 0.05) is 36.2 Å². The van der Waals surface area contributed by atoms with Crippen molar-refractivity contribution in [2.75, 3.05) is 7.05 Å². The Hall–Kier alpha value is -2.81. The molecule has 146 valence electrons. The molecule has 3 aromatic rings. The Balaban J connectivity index is 1.78. The van der Waals surface area contributed by atoms with Crippen LogP contribution in [0.25, 0.3) is 10.6 Å². The van der Waals surface area contributed by atoms with Crippen LogP contribution in [0.4, 0.5) is 22.0 Å². The number of amides is 1. The molecule has 0 bridgehead atoms. The summed E-state index contributed by atoms with van der Waals surface area (Å²) >= 11 is 1.03. The Labute approximate surface area is 161 Å². The van der Waals surface area contributed by atoms with E-state index in [9.17, 15) is 26.7 Å². The molecule has 1 aromatic heterocycles. The van der Waals surface area contributed by atoms with Crippen molar-refractivity contribution in [2.45, 2.75) is 12.7 Å². The van der Waals surface area contributed by atoms with Crippen LogP contribution in [-0.4, -0.2) is 22.8 Å². The molecule has 1 heterocycles. The minimum absolute atomic E-state index is 0.0300. The Morgan fingerprint density at radius 1 is 1.14 bits per heavy atom. The Bertz CT molecular complexity index is 1020. The number of carbonyl (C=O) groups is 1. The van der Waals surface area contributed by atoms with Gasteiger partial charge in [-0.05, 0) is 18.2 Å². The van der Waals surface area contributed by atoms with Gasteiger partial charge in [0.25, 0.3) is 5.91 Å². The van der Waals surface area contributed by atoms with Crippen molar-refractivity contribution in [3.8, 4) is 10.6 Å². The highest BCUT2D eigenvalue weighted by Gasteiger charge is 2.30. The van der Waals surface area contributed by atoms with Gasteiger partial charge in [0.05, 0.1) is 5.56 Å². The van der Waals surface area contributed by atoms with Gasteiger partial charge in [-0.1, -0.05) is 18.2 Å². The molecule has 0 N–H and O–H groups in total. The molecule has 2 aromatic carbocycles. The van der Waals surface area contributed by atoms with Crippen LogP contribution in [0.2, 0.25) is 0 Å². The van der Waals surface area contributed by atoms with Crippen molar-refractivity contribution >= 4 is 17.2 Å². The van der Waals surface area contributed by atoms with E-state index in [4.69, 9.17) is 0 Å². The normalized spacial score (nSPS) is 11.5. The first-order valence-corrected chi connectivity index (χ1v) is 8.85. The number of thiazole rings is 1. The monoisotopic (exact) mass is 412 g/mol. The summed E-state index contributed by atoms with van der Waals surface area (Å²) in [6.45, 7) is -0.110. The predicted molar refractivity (Wildman–Crippen MR) is 94.7 cm³/mol. The molecule has 0 radical (unpaired) electrons. The van der Waals surface area contributed by atoms with Gasteiger partial charge in [0.1, 0.15) is 22.3 Å². The summed E-state index contributed by atoms with van der Waals surface area (Å²) in [5.41, 5.74) is -0.406. The number of hydrogen-bond donors (Lipinski definition) is 0. The van der Waals surface area contributed by atoms with Gasteiger partial charge in [-0.2, -0.15) is 13.2 Å². The lowest BCUT2D eigenvalue weighted by atomic mass is 10.1. The molecule has 0 saturated carbocycles. The third-order valence-corrected chi connectivity index (χ3v) is 4.82. The largest absolute Gasteiger partial charge is 0.416 e. The molecule has 0 aliphatic heterocycles. The van der Waals surface area contributed by atoms with Crippen molar-refractivity contribution in [1.82, 2.24) is 9.88 Å². The van der Waals surface area contributed by atoms with E-state index in [0.717, 1.165) is 35.6 Å². The van der Waals surface area contributed by atoms with E-state index < -0.39 is 29.3 Å². The fourth-order valence-electron chi connectivity index (χ4n) is 2.51. The molecule has 0 saturated heterocycles. The standard InChI is InChI=1S/C19H13F5N2OS/c1-26(9-12-5-6-14(20)8-15(12)21)18(27)16-10-28-17(25-16)11-3-2-4-13(7-11)19(22,23)24/h2-8,10H,9H2,1H3. The van der Waals surface area contributed by atoms with Gasteiger partial charge in [-0.25, -0.2) is 13.8 Å². The number of aromatic nitrogens is 1. The molecule has 0 unspecified atom stereocenters. The second kappa shape index (κ2) is 7.67. The number of carbonyl (C=O) groups excluding carboxylic acids is 1. The maximum Gasteiger partial charge on any atom is 0.416 e. The number of nitrogens with zero attached hydrogens (tertiary/aromatic N) is 2. The van der Waals surface area contributed by atoms with Crippen LogP contribution in [0.15, 0.2) is 47.8 Å². The third-order valence-electron chi connectivity index (χ3n) is 3.93. The molecule has 28 heavy (non-hydrogen) atoms. The molecule has 1 amide bonds. The molecule has 0 spiro atoms. The smallest absolute Gasteiger partial charge is 0.336 e. The van der Waals surface area contributed by atoms with Crippen LogP contribution in [0.3, 0.4) is 0 Å². The minimum Gasteiger partial charge on any atom is -0.336 e. The molecule has 0 aliphatic rings. The van der Waals surface area contributed by atoms with E-state index in [1.807, 2.05) is 0 Å². The van der Waals surface area contributed by atoms with Crippen LogP contribution < -0.4 is 0 Å². The van der Waals surface area contributed by atoms with Crippen LogP contribution in [0.1, 0.15) is 21.6 Å². The zero-order chi connectivity index (χ0) is 20.5. The summed E-state index contributed by atoms with van der Waals surface area (Å²) in [5.74, 6) is -2.03. The number of hydrogen-bond acceptors (Lipinski definition) is 3. The molecule has 0 atom stereocenters. The van der Waals surface area contributed by atoms with Crippen LogP contribution in [0.5, 0.6) is 0 Å². The fourth-order valence-corrected chi connectivity index (χ4v) is 3.30.